The minimum atomic E-state index is 0.107. The van der Waals surface area contributed by atoms with E-state index in [-0.39, 0.29) is 7.92 Å². The SMILES string of the molecule is CCCP(CCC)c1cc(C)ccc1C. The molecule has 0 aromatic heterocycles. The summed E-state index contributed by atoms with van der Waals surface area (Å²) in [6.07, 6.45) is 5.43. The van der Waals surface area contributed by atoms with Crippen LogP contribution in [-0.4, -0.2) is 12.3 Å². The van der Waals surface area contributed by atoms with E-state index in [9.17, 15) is 0 Å². The lowest BCUT2D eigenvalue weighted by atomic mass is 10.2. The molecule has 0 nitrogen and oxygen atoms in total. The normalized spacial score (nSPS) is 11.0. The van der Waals surface area contributed by atoms with Crippen molar-refractivity contribution in [3.8, 4) is 0 Å². The van der Waals surface area contributed by atoms with E-state index in [1.54, 1.807) is 5.30 Å². The summed E-state index contributed by atoms with van der Waals surface area (Å²) < 4.78 is 0. The molecule has 0 amide bonds. The molecule has 0 radical (unpaired) electrons. The van der Waals surface area contributed by atoms with Gasteiger partial charge in [-0.25, -0.2) is 0 Å². The maximum Gasteiger partial charge on any atom is -0.0209 e. The van der Waals surface area contributed by atoms with Crippen LogP contribution < -0.4 is 5.30 Å². The molecule has 1 aromatic carbocycles. The fraction of sp³-hybridized carbons (Fsp3) is 0.571. The van der Waals surface area contributed by atoms with Gasteiger partial charge in [0.25, 0.3) is 0 Å². The molecule has 0 spiro atoms. The van der Waals surface area contributed by atoms with Crippen molar-refractivity contribution in [3.05, 3.63) is 29.3 Å². The molecule has 0 heterocycles. The van der Waals surface area contributed by atoms with E-state index in [4.69, 9.17) is 0 Å². The summed E-state index contributed by atoms with van der Waals surface area (Å²) in [5.41, 5.74) is 2.91. The summed E-state index contributed by atoms with van der Waals surface area (Å²) in [5, 5.41) is 1.65. The van der Waals surface area contributed by atoms with Crippen molar-refractivity contribution in [1.82, 2.24) is 0 Å². The Bertz CT molecular complexity index is 298. The van der Waals surface area contributed by atoms with E-state index in [2.05, 4.69) is 45.9 Å². The second-order valence-corrected chi connectivity index (χ2v) is 6.73. The minimum absolute atomic E-state index is 0.107. The van der Waals surface area contributed by atoms with E-state index in [0.29, 0.717) is 0 Å². The summed E-state index contributed by atoms with van der Waals surface area (Å²) in [5.74, 6) is 0. The summed E-state index contributed by atoms with van der Waals surface area (Å²) in [7, 11) is 0.107. The molecule has 0 N–H and O–H groups in total. The molecule has 15 heavy (non-hydrogen) atoms. The molecular weight excluding hydrogens is 199 g/mol. The first-order valence-electron chi connectivity index (χ1n) is 6.01. The third-order valence-electron chi connectivity index (χ3n) is 2.69. The van der Waals surface area contributed by atoms with Gasteiger partial charge in [-0.05, 0) is 37.0 Å². The van der Waals surface area contributed by atoms with Gasteiger partial charge in [0, 0.05) is 0 Å². The highest BCUT2D eigenvalue weighted by Gasteiger charge is 2.11. The molecule has 0 saturated carbocycles. The average Bonchev–Trinajstić information content (AvgIpc) is 2.21. The third-order valence-corrected chi connectivity index (χ3v) is 5.83. The van der Waals surface area contributed by atoms with Gasteiger partial charge in [-0.2, -0.15) is 0 Å². The monoisotopic (exact) mass is 222 g/mol. The Balaban J connectivity index is 2.93. The Kier molecular flexibility index (Phi) is 5.32. The van der Waals surface area contributed by atoms with Crippen LogP contribution in [0.5, 0.6) is 0 Å². The Labute approximate surface area is 95.9 Å². The van der Waals surface area contributed by atoms with Gasteiger partial charge in [0.05, 0.1) is 0 Å². The maximum absolute atomic E-state index is 2.41. The second kappa shape index (κ2) is 6.28. The number of benzene rings is 1. The van der Waals surface area contributed by atoms with Crippen LogP contribution in [0.15, 0.2) is 18.2 Å². The lowest BCUT2D eigenvalue weighted by Crippen LogP contribution is -2.10. The maximum atomic E-state index is 2.41. The van der Waals surface area contributed by atoms with Gasteiger partial charge >= 0.3 is 0 Å². The number of aryl methyl sites for hydroxylation is 2. The summed E-state index contributed by atoms with van der Waals surface area (Å²) in [6.45, 7) is 9.07. The molecule has 0 bridgehead atoms. The minimum Gasteiger partial charge on any atom is -0.0750 e. The predicted octanol–water partition coefficient (Wildman–Crippen LogP) is 4.23. The molecule has 0 aliphatic rings. The van der Waals surface area contributed by atoms with Gasteiger partial charge in [0.15, 0.2) is 0 Å². The number of rotatable bonds is 5. The van der Waals surface area contributed by atoms with Gasteiger partial charge in [-0.15, -0.1) is 0 Å². The van der Waals surface area contributed by atoms with Gasteiger partial charge in [-0.3, -0.25) is 0 Å². The molecular formula is C14H23P. The molecule has 0 atom stereocenters. The highest BCUT2D eigenvalue weighted by atomic mass is 31.1. The molecule has 0 unspecified atom stereocenters. The van der Waals surface area contributed by atoms with Crippen LogP contribution in [0.1, 0.15) is 37.8 Å². The Morgan fingerprint density at radius 3 is 2.13 bits per heavy atom. The molecule has 0 aliphatic carbocycles. The highest BCUT2D eigenvalue weighted by molar-refractivity contribution is 7.65. The van der Waals surface area contributed by atoms with E-state index >= 15 is 0 Å². The first-order chi connectivity index (χ1) is 7.19. The zero-order valence-corrected chi connectivity index (χ0v) is 11.4. The van der Waals surface area contributed by atoms with Crippen LogP contribution in [0.4, 0.5) is 0 Å². The van der Waals surface area contributed by atoms with Gasteiger partial charge < -0.3 is 0 Å². The van der Waals surface area contributed by atoms with E-state index in [1.807, 2.05) is 0 Å². The number of hydrogen-bond donors (Lipinski definition) is 0. The largest absolute Gasteiger partial charge is 0.0750 e. The molecule has 1 rings (SSSR count). The summed E-state index contributed by atoms with van der Waals surface area (Å²) in [6, 6.07) is 6.92. The first-order valence-corrected chi connectivity index (χ1v) is 7.72. The topological polar surface area (TPSA) is 0 Å². The Morgan fingerprint density at radius 2 is 1.60 bits per heavy atom. The third kappa shape index (κ3) is 3.61. The van der Waals surface area contributed by atoms with Crippen LogP contribution in [0.3, 0.4) is 0 Å². The summed E-state index contributed by atoms with van der Waals surface area (Å²) in [4.78, 5) is 0. The fourth-order valence-electron chi connectivity index (χ4n) is 1.95. The van der Waals surface area contributed by atoms with Crippen LogP contribution in [-0.2, 0) is 0 Å². The van der Waals surface area contributed by atoms with Crippen molar-refractivity contribution < 1.29 is 0 Å². The van der Waals surface area contributed by atoms with Crippen molar-refractivity contribution >= 4 is 13.2 Å². The van der Waals surface area contributed by atoms with Gasteiger partial charge in [-0.1, -0.05) is 58.4 Å². The summed E-state index contributed by atoms with van der Waals surface area (Å²) >= 11 is 0. The highest BCUT2D eigenvalue weighted by Crippen LogP contribution is 2.37. The van der Waals surface area contributed by atoms with Crippen molar-refractivity contribution in [2.75, 3.05) is 12.3 Å². The van der Waals surface area contributed by atoms with Crippen molar-refractivity contribution in [3.63, 3.8) is 0 Å². The average molecular weight is 222 g/mol. The van der Waals surface area contributed by atoms with Crippen molar-refractivity contribution in [1.29, 1.82) is 0 Å². The van der Waals surface area contributed by atoms with Crippen LogP contribution in [0.25, 0.3) is 0 Å². The van der Waals surface area contributed by atoms with E-state index in [0.717, 1.165) is 0 Å². The van der Waals surface area contributed by atoms with Gasteiger partial charge in [0.2, 0.25) is 0 Å². The Morgan fingerprint density at radius 1 is 1.00 bits per heavy atom. The Hall–Kier alpha value is -0.350. The van der Waals surface area contributed by atoms with Crippen molar-refractivity contribution in [2.24, 2.45) is 0 Å². The second-order valence-electron chi connectivity index (χ2n) is 4.28. The molecule has 0 saturated heterocycles. The molecule has 84 valence electrons. The van der Waals surface area contributed by atoms with Gasteiger partial charge in [0.1, 0.15) is 0 Å². The zero-order chi connectivity index (χ0) is 11.3. The lowest BCUT2D eigenvalue weighted by Gasteiger charge is -2.19. The quantitative estimate of drug-likeness (QED) is 0.654. The molecule has 1 heteroatoms. The van der Waals surface area contributed by atoms with Crippen molar-refractivity contribution in [2.45, 2.75) is 40.5 Å². The standard InChI is InChI=1S/C14H23P/c1-5-9-15(10-6-2)14-11-12(3)7-8-13(14)4/h7-8,11H,5-6,9-10H2,1-4H3. The van der Waals surface area contributed by atoms with Crippen LogP contribution in [0, 0.1) is 13.8 Å². The fourth-order valence-corrected chi connectivity index (χ4v) is 4.70. The first kappa shape index (κ1) is 12.7. The smallest absolute Gasteiger partial charge is 0.0209 e. The van der Waals surface area contributed by atoms with Crippen LogP contribution >= 0.6 is 7.92 Å². The van der Waals surface area contributed by atoms with Crippen LogP contribution in [0.2, 0.25) is 0 Å². The molecule has 0 fully saturated rings. The number of hydrogen-bond acceptors (Lipinski definition) is 0. The lowest BCUT2D eigenvalue weighted by molar-refractivity contribution is 1.06. The van der Waals surface area contributed by atoms with E-state index < -0.39 is 0 Å². The molecule has 1 aromatic rings. The zero-order valence-electron chi connectivity index (χ0n) is 10.5. The molecule has 0 aliphatic heterocycles. The van der Waals surface area contributed by atoms with E-state index in [1.165, 1.54) is 36.3 Å². The predicted molar refractivity (Wildman–Crippen MR) is 72.8 cm³/mol.